The van der Waals surface area contributed by atoms with Gasteiger partial charge in [-0.1, -0.05) is 74.3 Å². The van der Waals surface area contributed by atoms with Crippen LogP contribution in [0.4, 0.5) is 16.3 Å². The van der Waals surface area contributed by atoms with Crippen LogP contribution in [-0.4, -0.2) is 28.4 Å². The van der Waals surface area contributed by atoms with Crippen molar-refractivity contribution in [2.45, 2.75) is 33.1 Å². The Balaban J connectivity index is 1.79. The van der Waals surface area contributed by atoms with Crippen LogP contribution in [-0.2, 0) is 10.2 Å². The molecule has 4 rings (SSSR count). The number of nitrogens with one attached hydrogen (secondary N) is 2. The number of nitrogens with zero attached hydrogens (tertiary/aromatic N) is 2. The van der Waals surface area contributed by atoms with Crippen molar-refractivity contribution < 1.29 is 14.3 Å². The minimum absolute atomic E-state index is 0.242. The maximum Gasteiger partial charge on any atom is 0.338 e. The molecule has 0 aliphatic rings. The van der Waals surface area contributed by atoms with E-state index in [0.717, 1.165) is 16.5 Å². The maximum absolute atomic E-state index is 12.9. The zero-order chi connectivity index (χ0) is 26.0. The molecule has 3 aromatic carbocycles. The number of carbonyl (C=O) groups excluding carboxylic acids is 2. The minimum Gasteiger partial charge on any atom is -0.462 e. The molecule has 4 aromatic rings. The zero-order valence-corrected chi connectivity index (χ0v) is 21.9. The van der Waals surface area contributed by atoms with Gasteiger partial charge in [-0.25, -0.2) is 14.3 Å². The molecule has 1 aromatic heterocycles. The molecular weight excluding hydrogens is 499 g/mol. The summed E-state index contributed by atoms with van der Waals surface area (Å²) in [5.74, 6) is -0.0118. The molecule has 0 unspecified atom stereocenters. The highest BCUT2D eigenvalue weighted by atomic mass is 35.5. The fourth-order valence-corrected chi connectivity index (χ4v) is 4.05. The molecule has 9 heteroatoms. The Kier molecular flexibility index (Phi) is 7.24. The van der Waals surface area contributed by atoms with Gasteiger partial charge in [0.05, 0.1) is 39.3 Å². The van der Waals surface area contributed by atoms with Crippen molar-refractivity contribution in [3.63, 3.8) is 0 Å². The summed E-state index contributed by atoms with van der Waals surface area (Å²) >= 11 is 12.3. The van der Waals surface area contributed by atoms with Crippen LogP contribution in [0.1, 0.15) is 43.7 Å². The number of ether oxygens (including phenoxy) is 1. The highest BCUT2D eigenvalue weighted by Crippen LogP contribution is 2.31. The van der Waals surface area contributed by atoms with E-state index in [1.54, 1.807) is 41.9 Å². The van der Waals surface area contributed by atoms with Crippen molar-refractivity contribution in [3.8, 4) is 5.69 Å². The number of halogens is 2. The van der Waals surface area contributed by atoms with Gasteiger partial charge in [0.1, 0.15) is 5.82 Å². The quantitative estimate of drug-likeness (QED) is 0.265. The average Bonchev–Trinajstić information content (AvgIpc) is 3.25. The molecule has 0 saturated carbocycles. The highest BCUT2D eigenvalue weighted by molar-refractivity contribution is 6.44. The van der Waals surface area contributed by atoms with Gasteiger partial charge >= 0.3 is 12.0 Å². The summed E-state index contributed by atoms with van der Waals surface area (Å²) in [6, 6.07) is 17.4. The topological polar surface area (TPSA) is 85.2 Å². The third kappa shape index (κ3) is 5.32. The number of carbonyl (C=O) groups is 2. The molecule has 0 aliphatic heterocycles. The third-order valence-electron chi connectivity index (χ3n) is 5.51. The van der Waals surface area contributed by atoms with Crippen LogP contribution in [0.2, 0.25) is 10.0 Å². The molecule has 0 bridgehead atoms. The smallest absolute Gasteiger partial charge is 0.338 e. The summed E-state index contributed by atoms with van der Waals surface area (Å²) in [6.45, 7) is 8.10. The fraction of sp³-hybridized carbons (Fsp3) is 0.222. The van der Waals surface area contributed by atoms with Crippen LogP contribution in [0.15, 0.2) is 60.7 Å². The van der Waals surface area contributed by atoms with E-state index in [0.29, 0.717) is 27.8 Å². The largest absolute Gasteiger partial charge is 0.462 e. The Bertz CT molecular complexity index is 1460. The number of benzene rings is 3. The molecule has 0 saturated heterocycles. The molecule has 2 amide bonds. The van der Waals surface area contributed by atoms with E-state index in [4.69, 9.17) is 33.0 Å². The first-order valence-corrected chi connectivity index (χ1v) is 12.2. The molecule has 0 fully saturated rings. The monoisotopic (exact) mass is 524 g/mol. The van der Waals surface area contributed by atoms with Crippen LogP contribution < -0.4 is 10.6 Å². The summed E-state index contributed by atoms with van der Waals surface area (Å²) in [5.41, 5.74) is 1.85. The summed E-state index contributed by atoms with van der Waals surface area (Å²) < 4.78 is 6.90. The molecule has 0 aliphatic carbocycles. The molecule has 186 valence electrons. The second-order valence-electron chi connectivity index (χ2n) is 9.19. The van der Waals surface area contributed by atoms with Gasteiger partial charge in [0, 0.05) is 11.5 Å². The number of urea groups is 1. The van der Waals surface area contributed by atoms with Crippen molar-refractivity contribution in [2.75, 3.05) is 17.2 Å². The molecule has 0 spiro atoms. The lowest BCUT2D eigenvalue weighted by Crippen LogP contribution is -2.21. The van der Waals surface area contributed by atoms with E-state index in [-0.39, 0.29) is 17.0 Å². The van der Waals surface area contributed by atoms with Gasteiger partial charge in [0.25, 0.3) is 0 Å². The Labute approximate surface area is 219 Å². The predicted molar refractivity (Wildman–Crippen MR) is 145 cm³/mol. The first-order valence-electron chi connectivity index (χ1n) is 11.4. The first kappa shape index (κ1) is 25.5. The van der Waals surface area contributed by atoms with Gasteiger partial charge in [0.2, 0.25) is 0 Å². The Morgan fingerprint density at radius 3 is 2.47 bits per heavy atom. The summed E-state index contributed by atoms with van der Waals surface area (Å²) in [7, 11) is 0. The fourth-order valence-electron chi connectivity index (χ4n) is 3.70. The summed E-state index contributed by atoms with van der Waals surface area (Å²) in [5, 5.41) is 12.5. The molecule has 0 atom stereocenters. The summed E-state index contributed by atoms with van der Waals surface area (Å²) in [6.07, 6.45) is 0. The number of rotatable bonds is 5. The lowest BCUT2D eigenvalue weighted by atomic mass is 9.92. The predicted octanol–water partition coefficient (Wildman–Crippen LogP) is 7.45. The van der Waals surface area contributed by atoms with Gasteiger partial charge in [-0.2, -0.15) is 5.10 Å². The number of esters is 1. The lowest BCUT2D eigenvalue weighted by molar-refractivity contribution is 0.0528. The first-order chi connectivity index (χ1) is 17.1. The Hall–Kier alpha value is -3.55. The van der Waals surface area contributed by atoms with E-state index in [1.165, 1.54) is 0 Å². The second-order valence-corrected chi connectivity index (χ2v) is 9.98. The highest BCUT2D eigenvalue weighted by Gasteiger charge is 2.23. The van der Waals surface area contributed by atoms with Crippen molar-refractivity contribution in [1.82, 2.24) is 9.78 Å². The van der Waals surface area contributed by atoms with Crippen LogP contribution in [0.25, 0.3) is 16.5 Å². The third-order valence-corrected chi connectivity index (χ3v) is 6.32. The van der Waals surface area contributed by atoms with E-state index in [2.05, 4.69) is 10.6 Å². The van der Waals surface area contributed by atoms with E-state index < -0.39 is 12.0 Å². The normalized spacial score (nSPS) is 11.4. The molecule has 2 N–H and O–H groups in total. The minimum atomic E-state index is -0.521. The number of anilines is 2. The number of hydrogen-bond acceptors (Lipinski definition) is 4. The van der Waals surface area contributed by atoms with Crippen molar-refractivity contribution >= 4 is 57.5 Å². The SMILES string of the molecule is CCOC(=O)c1cc(-n2nc(C(C)(C)C)cc2NC(=O)Nc2cccc(Cl)c2Cl)cc2ccccc12. The van der Waals surface area contributed by atoms with Crippen molar-refractivity contribution in [2.24, 2.45) is 0 Å². The van der Waals surface area contributed by atoms with E-state index >= 15 is 0 Å². The maximum atomic E-state index is 12.9. The average molecular weight is 525 g/mol. The number of hydrogen-bond donors (Lipinski definition) is 2. The Morgan fingerprint density at radius 1 is 1.00 bits per heavy atom. The standard InChI is InChI=1S/C27H26Cl2N4O3/c1-5-36-25(34)19-14-17(13-16-9-6-7-10-18(16)19)33-23(15-22(32-33)27(2,3)4)31-26(35)30-21-12-8-11-20(28)24(21)29/h6-15H,5H2,1-4H3,(H2,30,31,35). The van der Waals surface area contributed by atoms with Crippen LogP contribution in [0.3, 0.4) is 0 Å². The second kappa shape index (κ2) is 10.2. The van der Waals surface area contributed by atoms with Crippen LogP contribution >= 0.6 is 23.2 Å². The van der Waals surface area contributed by atoms with E-state index in [9.17, 15) is 9.59 Å². The lowest BCUT2D eigenvalue weighted by Gasteiger charge is -2.15. The number of fused-ring (bicyclic) bond motifs is 1. The molecule has 0 radical (unpaired) electrons. The molecule has 36 heavy (non-hydrogen) atoms. The molecular formula is C27H26Cl2N4O3. The van der Waals surface area contributed by atoms with Crippen LogP contribution in [0.5, 0.6) is 0 Å². The molecule has 1 heterocycles. The van der Waals surface area contributed by atoms with Gasteiger partial charge in [-0.05, 0) is 42.0 Å². The van der Waals surface area contributed by atoms with Crippen LogP contribution in [0, 0.1) is 0 Å². The molecule has 7 nitrogen and oxygen atoms in total. The van der Waals surface area contributed by atoms with Gasteiger partial charge in [-0.3, -0.25) is 5.32 Å². The zero-order valence-electron chi connectivity index (χ0n) is 20.4. The van der Waals surface area contributed by atoms with Crippen molar-refractivity contribution in [1.29, 1.82) is 0 Å². The Morgan fingerprint density at radius 2 is 1.75 bits per heavy atom. The van der Waals surface area contributed by atoms with Gasteiger partial charge < -0.3 is 10.1 Å². The number of aromatic nitrogens is 2. The van der Waals surface area contributed by atoms with Gasteiger partial charge in [0.15, 0.2) is 0 Å². The summed E-state index contributed by atoms with van der Waals surface area (Å²) in [4.78, 5) is 25.7. The van der Waals surface area contributed by atoms with Gasteiger partial charge in [-0.15, -0.1) is 0 Å². The van der Waals surface area contributed by atoms with E-state index in [1.807, 2.05) is 51.1 Å². The van der Waals surface area contributed by atoms with Crippen molar-refractivity contribution in [3.05, 3.63) is 82.0 Å². The number of amides is 2.